The first-order valence-corrected chi connectivity index (χ1v) is 6.54. The zero-order valence-corrected chi connectivity index (χ0v) is 10.7. The van der Waals surface area contributed by atoms with Crippen LogP contribution in [0, 0.1) is 0 Å². The van der Waals surface area contributed by atoms with Crippen LogP contribution >= 0.6 is 11.3 Å². The van der Waals surface area contributed by atoms with Crippen molar-refractivity contribution in [2.75, 3.05) is 0 Å². The quantitative estimate of drug-likeness (QED) is 0.794. The van der Waals surface area contributed by atoms with Crippen LogP contribution in [0.5, 0.6) is 0 Å². The molecule has 0 fully saturated rings. The molecule has 0 bridgehead atoms. The number of pyridine rings is 1. The summed E-state index contributed by atoms with van der Waals surface area (Å²) in [7, 11) is 0. The van der Waals surface area contributed by atoms with E-state index in [1.165, 1.54) is 11.3 Å². The van der Waals surface area contributed by atoms with Gasteiger partial charge < -0.3 is 9.67 Å². The first kappa shape index (κ1) is 11.7. The van der Waals surface area contributed by atoms with Gasteiger partial charge in [0, 0.05) is 35.7 Å². The molecule has 0 aromatic carbocycles. The summed E-state index contributed by atoms with van der Waals surface area (Å²) in [6.07, 6.45) is 7.01. The molecule has 0 atom stereocenters. The number of hydrogen-bond acceptors (Lipinski definition) is 3. The topological polar surface area (TPSA) is 55.1 Å². The van der Waals surface area contributed by atoms with Crippen molar-refractivity contribution in [2.24, 2.45) is 0 Å². The van der Waals surface area contributed by atoms with Crippen LogP contribution in [0.4, 0.5) is 0 Å². The third-order valence-corrected chi connectivity index (χ3v) is 3.81. The zero-order valence-electron chi connectivity index (χ0n) is 9.85. The van der Waals surface area contributed by atoms with Crippen molar-refractivity contribution >= 4 is 17.3 Å². The van der Waals surface area contributed by atoms with E-state index in [2.05, 4.69) is 4.98 Å². The smallest absolute Gasteiger partial charge is 0.339 e. The number of nitrogens with zero attached hydrogens (tertiary/aromatic N) is 2. The summed E-state index contributed by atoms with van der Waals surface area (Å²) in [5, 5.41) is 12.1. The number of carbonyl (C=O) groups is 1. The highest BCUT2D eigenvalue weighted by Gasteiger charge is 2.20. The van der Waals surface area contributed by atoms with Gasteiger partial charge in [-0.25, -0.2) is 4.79 Å². The van der Waals surface area contributed by atoms with Gasteiger partial charge in [0.05, 0.1) is 0 Å². The third kappa shape index (κ3) is 2.04. The number of rotatable bonds is 3. The van der Waals surface area contributed by atoms with Gasteiger partial charge in [-0.15, -0.1) is 11.3 Å². The Morgan fingerprint density at radius 2 is 1.89 bits per heavy atom. The highest BCUT2D eigenvalue weighted by molar-refractivity contribution is 7.13. The maximum absolute atomic E-state index is 11.5. The Bertz CT molecular complexity index is 702. The van der Waals surface area contributed by atoms with Gasteiger partial charge in [0.15, 0.2) is 0 Å². The van der Waals surface area contributed by atoms with Gasteiger partial charge in [-0.05, 0) is 29.8 Å². The van der Waals surface area contributed by atoms with Crippen molar-refractivity contribution in [3.8, 4) is 16.1 Å². The van der Waals surface area contributed by atoms with Crippen LogP contribution in [0.1, 0.15) is 10.4 Å². The molecule has 0 aliphatic carbocycles. The second-order valence-electron chi connectivity index (χ2n) is 3.96. The molecule has 0 saturated heterocycles. The van der Waals surface area contributed by atoms with Gasteiger partial charge in [0.2, 0.25) is 0 Å². The predicted octanol–water partition coefficient (Wildman–Crippen LogP) is 3.30. The summed E-state index contributed by atoms with van der Waals surface area (Å²) in [5.41, 5.74) is 1.91. The lowest BCUT2D eigenvalue weighted by Crippen LogP contribution is -2.02. The van der Waals surface area contributed by atoms with Gasteiger partial charge in [-0.2, -0.15) is 0 Å². The Labute approximate surface area is 113 Å². The van der Waals surface area contributed by atoms with Crippen LogP contribution in [0.15, 0.2) is 54.4 Å². The van der Waals surface area contributed by atoms with E-state index in [9.17, 15) is 9.90 Å². The minimum atomic E-state index is -0.920. The van der Waals surface area contributed by atoms with E-state index < -0.39 is 5.97 Å². The Morgan fingerprint density at radius 1 is 1.21 bits per heavy atom. The Balaban J connectivity index is 2.20. The summed E-state index contributed by atoms with van der Waals surface area (Å²) in [5.74, 6) is -0.920. The van der Waals surface area contributed by atoms with E-state index in [4.69, 9.17) is 0 Å². The van der Waals surface area contributed by atoms with E-state index >= 15 is 0 Å². The predicted molar refractivity (Wildman–Crippen MR) is 73.8 cm³/mol. The van der Waals surface area contributed by atoms with Crippen molar-refractivity contribution in [3.05, 3.63) is 60.0 Å². The standard InChI is InChI=1S/C14H10N2O2S/c17-14(18)12-11(10-3-5-15-6-4-10)9-19-13(12)16-7-1-2-8-16/h1-9H,(H,17,18). The van der Waals surface area contributed by atoms with Gasteiger partial charge in [-0.1, -0.05) is 0 Å². The second-order valence-corrected chi connectivity index (χ2v) is 4.82. The molecule has 94 valence electrons. The first-order chi connectivity index (χ1) is 9.27. The second kappa shape index (κ2) is 4.70. The molecule has 0 saturated carbocycles. The molecule has 0 unspecified atom stereocenters. The van der Waals surface area contributed by atoms with Crippen LogP contribution in [0.25, 0.3) is 16.1 Å². The molecule has 0 amide bonds. The highest BCUT2D eigenvalue weighted by atomic mass is 32.1. The van der Waals surface area contributed by atoms with Crippen LogP contribution in [0.3, 0.4) is 0 Å². The average molecular weight is 270 g/mol. The molecule has 0 aliphatic heterocycles. The first-order valence-electron chi connectivity index (χ1n) is 5.66. The monoisotopic (exact) mass is 270 g/mol. The maximum atomic E-state index is 11.5. The van der Waals surface area contributed by atoms with E-state index in [0.29, 0.717) is 10.6 Å². The summed E-state index contributed by atoms with van der Waals surface area (Å²) in [4.78, 5) is 15.5. The molecule has 3 rings (SSSR count). The molecule has 0 aliphatic rings. The van der Waals surface area contributed by atoms with Gasteiger partial charge >= 0.3 is 5.97 Å². The number of thiophene rings is 1. The van der Waals surface area contributed by atoms with Crippen LogP contribution in [-0.2, 0) is 0 Å². The SMILES string of the molecule is O=C(O)c1c(-c2ccncc2)csc1-n1cccc1. The van der Waals surface area contributed by atoms with E-state index in [-0.39, 0.29) is 0 Å². The molecule has 19 heavy (non-hydrogen) atoms. The number of aromatic nitrogens is 2. The third-order valence-electron chi connectivity index (χ3n) is 2.82. The van der Waals surface area contributed by atoms with Crippen LogP contribution in [-0.4, -0.2) is 20.6 Å². The molecule has 0 radical (unpaired) electrons. The number of aromatic carboxylic acids is 1. The summed E-state index contributed by atoms with van der Waals surface area (Å²) < 4.78 is 1.82. The highest BCUT2D eigenvalue weighted by Crippen LogP contribution is 2.34. The van der Waals surface area contributed by atoms with E-state index in [1.807, 2.05) is 46.6 Å². The van der Waals surface area contributed by atoms with E-state index in [0.717, 1.165) is 11.1 Å². The van der Waals surface area contributed by atoms with Crippen molar-refractivity contribution in [1.29, 1.82) is 0 Å². The Morgan fingerprint density at radius 3 is 2.53 bits per heavy atom. The molecule has 5 heteroatoms. The molecule has 4 nitrogen and oxygen atoms in total. The lowest BCUT2D eigenvalue weighted by Gasteiger charge is -2.04. The molecule has 3 aromatic heterocycles. The molecule has 1 N–H and O–H groups in total. The van der Waals surface area contributed by atoms with Crippen molar-refractivity contribution in [1.82, 2.24) is 9.55 Å². The van der Waals surface area contributed by atoms with Gasteiger partial charge in [0.25, 0.3) is 0 Å². The van der Waals surface area contributed by atoms with Crippen molar-refractivity contribution in [3.63, 3.8) is 0 Å². The Kier molecular flexibility index (Phi) is 2.89. The van der Waals surface area contributed by atoms with E-state index in [1.54, 1.807) is 12.4 Å². The Hall–Kier alpha value is -2.40. The summed E-state index contributed by atoms with van der Waals surface area (Å²) >= 11 is 1.42. The molecular weight excluding hydrogens is 260 g/mol. The fourth-order valence-electron chi connectivity index (χ4n) is 1.96. The molecule has 3 aromatic rings. The fourth-order valence-corrected chi connectivity index (χ4v) is 3.00. The normalized spacial score (nSPS) is 10.5. The lowest BCUT2D eigenvalue weighted by molar-refractivity contribution is 0.0698. The number of carboxylic acids is 1. The van der Waals surface area contributed by atoms with Gasteiger partial charge in [0.1, 0.15) is 10.6 Å². The zero-order chi connectivity index (χ0) is 13.2. The van der Waals surface area contributed by atoms with Crippen molar-refractivity contribution in [2.45, 2.75) is 0 Å². The fraction of sp³-hybridized carbons (Fsp3) is 0. The average Bonchev–Trinajstić information content (AvgIpc) is 3.08. The maximum Gasteiger partial charge on any atom is 0.339 e. The summed E-state index contributed by atoms with van der Waals surface area (Å²) in [6, 6.07) is 7.37. The number of hydrogen-bond donors (Lipinski definition) is 1. The molecule has 0 spiro atoms. The van der Waals surface area contributed by atoms with Gasteiger partial charge in [-0.3, -0.25) is 4.98 Å². The minimum Gasteiger partial charge on any atom is -0.478 e. The van der Waals surface area contributed by atoms with Crippen molar-refractivity contribution < 1.29 is 9.90 Å². The largest absolute Gasteiger partial charge is 0.478 e. The van der Waals surface area contributed by atoms with Crippen LogP contribution in [0.2, 0.25) is 0 Å². The molecule has 3 heterocycles. The lowest BCUT2D eigenvalue weighted by atomic mass is 10.1. The summed E-state index contributed by atoms with van der Waals surface area (Å²) in [6.45, 7) is 0. The molecular formula is C14H10N2O2S. The number of carboxylic acid groups (broad SMARTS) is 1. The van der Waals surface area contributed by atoms with Crippen LogP contribution < -0.4 is 0 Å². The minimum absolute atomic E-state index is 0.326.